The number of rotatable bonds is 1. The third kappa shape index (κ3) is 1.90. The summed E-state index contributed by atoms with van der Waals surface area (Å²) in [6, 6.07) is 4.76. The first kappa shape index (κ1) is 9.13. The maximum absolute atomic E-state index is 9.34. The molecule has 0 amide bonds. The van der Waals surface area contributed by atoms with Gasteiger partial charge in [0.1, 0.15) is 11.5 Å². The molecule has 2 rings (SSSR count). The highest BCUT2D eigenvalue weighted by molar-refractivity contribution is 5.68. The Morgan fingerprint density at radius 1 is 0.929 bits per heavy atom. The lowest BCUT2D eigenvalue weighted by atomic mass is 9.93. The minimum Gasteiger partial charge on any atom is -0.508 e. The van der Waals surface area contributed by atoms with Gasteiger partial charge in [0, 0.05) is 6.07 Å². The molecule has 0 radical (unpaired) electrons. The first-order valence-electron chi connectivity index (χ1n) is 4.98. The SMILES string of the molecule is Oc1cc(O)cc(C2=CCCCC2)c1. The average molecular weight is 190 g/mol. The molecule has 0 atom stereocenters. The summed E-state index contributed by atoms with van der Waals surface area (Å²) in [5, 5.41) is 18.7. The van der Waals surface area contributed by atoms with E-state index in [1.807, 2.05) is 0 Å². The smallest absolute Gasteiger partial charge is 0.119 e. The largest absolute Gasteiger partial charge is 0.508 e. The zero-order valence-electron chi connectivity index (χ0n) is 8.03. The molecule has 0 fully saturated rings. The second-order valence-electron chi connectivity index (χ2n) is 3.71. The lowest BCUT2D eigenvalue weighted by Gasteiger charge is -2.13. The molecular weight excluding hydrogens is 176 g/mol. The van der Waals surface area contributed by atoms with Crippen molar-refractivity contribution in [2.75, 3.05) is 0 Å². The highest BCUT2D eigenvalue weighted by Crippen LogP contribution is 2.31. The van der Waals surface area contributed by atoms with Gasteiger partial charge in [0.25, 0.3) is 0 Å². The minimum atomic E-state index is 0.131. The van der Waals surface area contributed by atoms with E-state index in [1.165, 1.54) is 24.5 Å². The van der Waals surface area contributed by atoms with E-state index in [-0.39, 0.29) is 11.5 Å². The zero-order valence-corrected chi connectivity index (χ0v) is 8.03. The lowest BCUT2D eigenvalue weighted by molar-refractivity contribution is 0.450. The second kappa shape index (κ2) is 3.74. The van der Waals surface area contributed by atoms with Crippen molar-refractivity contribution in [3.05, 3.63) is 29.8 Å². The standard InChI is InChI=1S/C12H14O2/c13-11-6-10(7-12(14)8-11)9-4-2-1-3-5-9/h4,6-8,13-14H,1-3,5H2. The molecule has 0 heterocycles. The van der Waals surface area contributed by atoms with Crippen LogP contribution in [0.1, 0.15) is 31.2 Å². The van der Waals surface area contributed by atoms with Crippen molar-refractivity contribution in [3.63, 3.8) is 0 Å². The van der Waals surface area contributed by atoms with Gasteiger partial charge in [0.05, 0.1) is 0 Å². The van der Waals surface area contributed by atoms with Gasteiger partial charge in [-0.05, 0) is 49.0 Å². The van der Waals surface area contributed by atoms with E-state index in [0.29, 0.717) is 0 Å². The number of hydrogen-bond acceptors (Lipinski definition) is 2. The molecular formula is C12H14O2. The summed E-state index contributed by atoms with van der Waals surface area (Å²) < 4.78 is 0. The summed E-state index contributed by atoms with van der Waals surface area (Å²) in [5.74, 6) is 0.262. The van der Waals surface area contributed by atoms with Gasteiger partial charge in [-0.1, -0.05) is 6.08 Å². The third-order valence-corrected chi connectivity index (χ3v) is 2.56. The van der Waals surface area contributed by atoms with Gasteiger partial charge in [-0.3, -0.25) is 0 Å². The molecule has 2 N–H and O–H groups in total. The fourth-order valence-corrected chi connectivity index (χ4v) is 1.88. The van der Waals surface area contributed by atoms with Gasteiger partial charge in [0.2, 0.25) is 0 Å². The van der Waals surface area contributed by atoms with Gasteiger partial charge in [0.15, 0.2) is 0 Å². The summed E-state index contributed by atoms with van der Waals surface area (Å²) >= 11 is 0. The molecule has 0 saturated carbocycles. The van der Waals surface area contributed by atoms with Crippen LogP contribution >= 0.6 is 0 Å². The summed E-state index contributed by atoms with van der Waals surface area (Å²) in [6.07, 6.45) is 6.78. The minimum absolute atomic E-state index is 0.131. The van der Waals surface area contributed by atoms with Crippen molar-refractivity contribution in [1.82, 2.24) is 0 Å². The van der Waals surface area contributed by atoms with Gasteiger partial charge >= 0.3 is 0 Å². The molecule has 2 heteroatoms. The summed E-state index contributed by atoms with van der Waals surface area (Å²) in [6.45, 7) is 0. The maximum atomic E-state index is 9.34. The predicted molar refractivity (Wildman–Crippen MR) is 56.2 cm³/mol. The molecule has 1 aliphatic carbocycles. The Morgan fingerprint density at radius 2 is 1.64 bits per heavy atom. The first-order chi connectivity index (χ1) is 6.75. The first-order valence-corrected chi connectivity index (χ1v) is 4.98. The molecule has 1 aromatic carbocycles. The fraction of sp³-hybridized carbons (Fsp3) is 0.333. The number of phenolic OH excluding ortho intramolecular Hbond substituents is 2. The molecule has 1 aliphatic rings. The van der Waals surface area contributed by atoms with Crippen LogP contribution < -0.4 is 0 Å². The zero-order chi connectivity index (χ0) is 9.97. The second-order valence-corrected chi connectivity index (χ2v) is 3.71. The van der Waals surface area contributed by atoms with Crippen LogP contribution in [0.15, 0.2) is 24.3 Å². The molecule has 0 spiro atoms. The van der Waals surface area contributed by atoms with E-state index in [1.54, 1.807) is 12.1 Å². The quantitative estimate of drug-likeness (QED) is 0.714. The fourth-order valence-electron chi connectivity index (χ4n) is 1.88. The van der Waals surface area contributed by atoms with E-state index in [9.17, 15) is 10.2 Å². The van der Waals surface area contributed by atoms with Crippen molar-refractivity contribution in [1.29, 1.82) is 0 Å². The summed E-state index contributed by atoms with van der Waals surface area (Å²) in [4.78, 5) is 0. The van der Waals surface area contributed by atoms with Crippen LogP contribution in [0.25, 0.3) is 5.57 Å². The molecule has 74 valence electrons. The molecule has 14 heavy (non-hydrogen) atoms. The Labute approximate surface area is 83.5 Å². The molecule has 0 saturated heterocycles. The number of aromatic hydroxyl groups is 2. The van der Waals surface area contributed by atoms with Crippen LogP contribution in [0.4, 0.5) is 0 Å². The number of hydrogen-bond donors (Lipinski definition) is 2. The Morgan fingerprint density at radius 3 is 2.21 bits per heavy atom. The van der Waals surface area contributed by atoms with Crippen molar-refractivity contribution in [2.45, 2.75) is 25.7 Å². The van der Waals surface area contributed by atoms with E-state index in [0.717, 1.165) is 18.4 Å². The van der Waals surface area contributed by atoms with Crippen LogP contribution in [-0.2, 0) is 0 Å². The Bertz CT molecular complexity index is 346. The Hall–Kier alpha value is -1.44. The van der Waals surface area contributed by atoms with Gasteiger partial charge in [-0.15, -0.1) is 0 Å². The predicted octanol–water partition coefficient (Wildman–Crippen LogP) is 3.06. The molecule has 0 aliphatic heterocycles. The van der Waals surface area contributed by atoms with Crippen LogP contribution in [0.2, 0.25) is 0 Å². The molecule has 0 bridgehead atoms. The molecule has 1 aromatic rings. The molecule has 0 aromatic heterocycles. The molecule has 0 unspecified atom stereocenters. The number of phenols is 2. The monoisotopic (exact) mass is 190 g/mol. The molecule has 2 nitrogen and oxygen atoms in total. The van der Waals surface area contributed by atoms with E-state index >= 15 is 0 Å². The third-order valence-electron chi connectivity index (χ3n) is 2.56. The van der Waals surface area contributed by atoms with Crippen LogP contribution in [-0.4, -0.2) is 10.2 Å². The van der Waals surface area contributed by atoms with Crippen LogP contribution in [0.5, 0.6) is 11.5 Å². The normalized spacial score (nSPS) is 16.4. The van der Waals surface area contributed by atoms with Crippen LogP contribution in [0, 0.1) is 0 Å². The Balaban J connectivity index is 2.35. The van der Waals surface area contributed by atoms with Gasteiger partial charge < -0.3 is 10.2 Å². The van der Waals surface area contributed by atoms with Crippen molar-refractivity contribution < 1.29 is 10.2 Å². The number of allylic oxidation sites excluding steroid dienone is 2. The average Bonchev–Trinajstić information content (AvgIpc) is 2.18. The Kier molecular flexibility index (Phi) is 2.44. The maximum Gasteiger partial charge on any atom is 0.119 e. The number of benzene rings is 1. The van der Waals surface area contributed by atoms with E-state index < -0.39 is 0 Å². The van der Waals surface area contributed by atoms with Gasteiger partial charge in [-0.25, -0.2) is 0 Å². The van der Waals surface area contributed by atoms with E-state index in [2.05, 4.69) is 6.08 Å². The summed E-state index contributed by atoms with van der Waals surface area (Å²) in [5.41, 5.74) is 2.18. The van der Waals surface area contributed by atoms with Crippen LogP contribution in [0.3, 0.4) is 0 Å². The topological polar surface area (TPSA) is 40.5 Å². The lowest BCUT2D eigenvalue weighted by Crippen LogP contribution is -1.91. The summed E-state index contributed by atoms with van der Waals surface area (Å²) in [7, 11) is 0. The van der Waals surface area contributed by atoms with Crippen molar-refractivity contribution in [2.24, 2.45) is 0 Å². The van der Waals surface area contributed by atoms with Crippen molar-refractivity contribution in [3.8, 4) is 11.5 Å². The highest BCUT2D eigenvalue weighted by atomic mass is 16.3. The van der Waals surface area contributed by atoms with E-state index in [4.69, 9.17) is 0 Å². The van der Waals surface area contributed by atoms with Crippen molar-refractivity contribution >= 4 is 5.57 Å². The highest BCUT2D eigenvalue weighted by Gasteiger charge is 2.07. The van der Waals surface area contributed by atoms with Gasteiger partial charge in [-0.2, -0.15) is 0 Å².